The summed E-state index contributed by atoms with van der Waals surface area (Å²) in [4.78, 5) is 50.7. The van der Waals surface area contributed by atoms with Gasteiger partial charge in [0.2, 0.25) is 11.8 Å². The van der Waals surface area contributed by atoms with E-state index in [9.17, 15) is 19.2 Å². The molecular weight excluding hydrogens is 631 g/mol. The fourth-order valence-corrected chi connectivity index (χ4v) is 7.00. The average molecular weight is 670 g/mol. The first-order valence-electron chi connectivity index (χ1n) is 14.4. The van der Waals surface area contributed by atoms with Gasteiger partial charge in [0.05, 0.1) is 7.11 Å². The molecular formula is C33H39N3O6S3. The first-order chi connectivity index (χ1) is 21.9. The lowest BCUT2D eigenvalue weighted by Gasteiger charge is -2.22. The van der Waals surface area contributed by atoms with E-state index in [0.717, 1.165) is 22.0 Å². The SMILES string of the molecule is COC(=O)[C@H](CSCSCc1ccccc1)NC(=O)[C@H](CSCc1ccccc1)NC(=O)CCNC(=O)OCc1ccccc1. The molecule has 0 fully saturated rings. The van der Waals surface area contributed by atoms with Gasteiger partial charge in [0, 0.05) is 41.1 Å². The average Bonchev–Trinajstić information content (AvgIpc) is 3.07. The number of hydrogen-bond donors (Lipinski definition) is 3. The van der Waals surface area contributed by atoms with Gasteiger partial charge in [-0.3, -0.25) is 9.59 Å². The molecule has 3 amide bonds. The van der Waals surface area contributed by atoms with Crippen LogP contribution >= 0.6 is 35.3 Å². The molecule has 12 heteroatoms. The van der Waals surface area contributed by atoms with Gasteiger partial charge in [-0.15, -0.1) is 23.5 Å². The molecule has 0 aromatic heterocycles. The van der Waals surface area contributed by atoms with E-state index in [1.807, 2.05) is 78.9 Å². The van der Waals surface area contributed by atoms with Crippen molar-refractivity contribution in [2.45, 2.75) is 36.6 Å². The highest BCUT2D eigenvalue weighted by Gasteiger charge is 2.27. The molecule has 0 spiro atoms. The fraction of sp³-hybridized carbons (Fsp3) is 0.333. The summed E-state index contributed by atoms with van der Waals surface area (Å²) in [7, 11) is 1.28. The predicted octanol–water partition coefficient (Wildman–Crippen LogP) is 5.00. The number of amides is 3. The Morgan fingerprint density at radius 2 is 1.24 bits per heavy atom. The lowest BCUT2D eigenvalue weighted by atomic mass is 10.2. The van der Waals surface area contributed by atoms with Crippen LogP contribution in [0.2, 0.25) is 0 Å². The van der Waals surface area contributed by atoms with Crippen molar-refractivity contribution in [1.29, 1.82) is 0 Å². The minimum atomic E-state index is -0.902. The molecule has 0 aliphatic rings. The normalized spacial score (nSPS) is 11.9. The van der Waals surface area contributed by atoms with Gasteiger partial charge >= 0.3 is 12.1 Å². The zero-order valence-corrected chi connectivity index (χ0v) is 27.6. The number of carbonyl (C=O) groups is 4. The highest BCUT2D eigenvalue weighted by Crippen LogP contribution is 2.19. The number of benzene rings is 3. The summed E-state index contributed by atoms with van der Waals surface area (Å²) in [6.07, 6.45) is -0.692. The van der Waals surface area contributed by atoms with E-state index in [1.165, 1.54) is 36.2 Å². The number of rotatable bonds is 19. The highest BCUT2D eigenvalue weighted by molar-refractivity contribution is 8.15. The van der Waals surface area contributed by atoms with Crippen molar-refractivity contribution in [2.75, 3.05) is 30.2 Å². The van der Waals surface area contributed by atoms with Crippen molar-refractivity contribution in [3.8, 4) is 0 Å². The van der Waals surface area contributed by atoms with Gasteiger partial charge in [0.1, 0.15) is 18.7 Å². The van der Waals surface area contributed by atoms with Gasteiger partial charge in [-0.25, -0.2) is 9.59 Å². The molecule has 3 N–H and O–H groups in total. The fourth-order valence-electron chi connectivity index (χ4n) is 3.91. The third-order valence-electron chi connectivity index (χ3n) is 6.25. The summed E-state index contributed by atoms with van der Waals surface area (Å²) >= 11 is 4.74. The Morgan fingerprint density at radius 1 is 0.689 bits per heavy atom. The number of carbonyl (C=O) groups excluding carboxylic acids is 4. The van der Waals surface area contributed by atoms with Crippen LogP contribution in [0, 0.1) is 0 Å². The summed E-state index contributed by atoms with van der Waals surface area (Å²) in [6.45, 7) is 0.151. The molecule has 0 saturated carbocycles. The standard InChI is InChI=1S/C33H39N3O6S3/c1-41-32(39)29(23-45-24-44-21-27-15-9-4-10-16-27)36-31(38)28(22-43-20-26-13-7-3-8-14-26)35-30(37)17-18-34-33(40)42-19-25-11-5-2-6-12-25/h2-16,28-29H,17-24H2,1H3,(H,34,40)(H,35,37)(H,36,38)/t28-,29-/m0/s1. The van der Waals surface area contributed by atoms with Crippen LogP contribution in [-0.4, -0.2) is 66.2 Å². The number of esters is 1. The highest BCUT2D eigenvalue weighted by atomic mass is 32.2. The molecule has 0 heterocycles. The summed E-state index contributed by atoms with van der Waals surface area (Å²) < 4.78 is 10.1. The van der Waals surface area contributed by atoms with Crippen LogP contribution in [-0.2, 0) is 42.0 Å². The topological polar surface area (TPSA) is 123 Å². The maximum absolute atomic E-state index is 13.4. The minimum Gasteiger partial charge on any atom is -0.467 e. The van der Waals surface area contributed by atoms with E-state index in [1.54, 1.807) is 11.8 Å². The summed E-state index contributed by atoms with van der Waals surface area (Å²) in [5.74, 6) is 0.649. The lowest BCUT2D eigenvalue weighted by Crippen LogP contribution is -2.53. The van der Waals surface area contributed by atoms with Gasteiger partial charge in [-0.05, 0) is 16.7 Å². The number of hydrogen-bond acceptors (Lipinski definition) is 9. The molecule has 0 aliphatic carbocycles. The first kappa shape index (κ1) is 35.9. The Bertz CT molecular complexity index is 1320. The Kier molecular flexibility index (Phi) is 16.9. The molecule has 45 heavy (non-hydrogen) atoms. The van der Waals surface area contributed by atoms with E-state index >= 15 is 0 Å². The maximum Gasteiger partial charge on any atom is 0.407 e. The van der Waals surface area contributed by atoms with Gasteiger partial charge in [-0.2, -0.15) is 11.8 Å². The molecule has 0 radical (unpaired) electrons. The second-order valence-electron chi connectivity index (χ2n) is 9.77. The Morgan fingerprint density at radius 3 is 1.84 bits per heavy atom. The third-order valence-corrected chi connectivity index (χ3v) is 9.79. The van der Waals surface area contributed by atoms with E-state index in [4.69, 9.17) is 9.47 Å². The second kappa shape index (κ2) is 21.2. The van der Waals surface area contributed by atoms with Crippen molar-refractivity contribution in [1.82, 2.24) is 16.0 Å². The van der Waals surface area contributed by atoms with Crippen molar-refractivity contribution in [3.05, 3.63) is 108 Å². The number of ether oxygens (including phenoxy) is 2. The number of alkyl carbamates (subject to hydrolysis) is 1. The molecule has 0 unspecified atom stereocenters. The van der Waals surface area contributed by atoms with Gasteiger partial charge in [0.15, 0.2) is 0 Å². The first-order valence-corrected chi connectivity index (χ1v) is 17.8. The largest absolute Gasteiger partial charge is 0.467 e. The van der Waals surface area contributed by atoms with E-state index in [2.05, 4.69) is 28.1 Å². The van der Waals surface area contributed by atoms with Crippen LogP contribution in [0.15, 0.2) is 91.0 Å². The van der Waals surface area contributed by atoms with Crippen LogP contribution in [0.1, 0.15) is 23.1 Å². The van der Waals surface area contributed by atoms with Crippen LogP contribution in [0.5, 0.6) is 0 Å². The minimum absolute atomic E-state index is 0.0347. The van der Waals surface area contributed by atoms with Crippen molar-refractivity contribution >= 4 is 59.2 Å². The van der Waals surface area contributed by atoms with Crippen LogP contribution < -0.4 is 16.0 Å². The summed E-state index contributed by atoms with van der Waals surface area (Å²) in [5, 5.41) is 8.82. The molecule has 0 bridgehead atoms. The molecule has 3 aromatic rings. The quantitative estimate of drug-likeness (QED) is 0.0920. The van der Waals surface area contributed by atoms with Crippen LogP contribution in [0.3, 0.4) is 0 Å². The Balaban J connectivity index is 1.49. The zero-order valence-electron chi connectivity index (χ0n) is 25.1. The molecule has 0 saturated heterocycles. The van der Waals surface area contributed by atoms with Gasteiger partial charge in [-0.1, -0.05) is 91.0 Å². The number of nitrogens with one attached hydrogen (secondary N) is 3. The van der Waals surface area contributed by atoms with Crippen LogP contribution in [0.4, 0.5) is 4.79 Å². The Labute approximate surface area is 277 Å². The molecule has 3 rings (SSSR count). The van der Waals surface area contributed by atoms with E-state index in [0.29, 0.717) is 11.5 Å². The smallest absolute Gasteiger partial charge is 0.407 e. The van der Waals surface area contributed by atoms with E-state index < -0.39 is 36.0 Å². The van der Waals surface area contributed by atoms with E-state index in [-0.39, 0.29) is 25.3 Å². The molecule has 2 atom stereocenters. The van der Waals surface area contributed by atoms with Gasteiger partial charge < -0.3 is 25.4 Å². The van der Waals surface area contributed by atoms with Gasteiger partial charge in [0.25, 0.3) is 0 Å². The molecule has 9 nitrogen and oxygen atoms in total. The number of thioether (sulfide) groups is 3. The number of methoxy groups -OCH3 is 1. The Hall–Kier alpha value is -3.61. The summed E-state index contributed by atoms with van der Waals surface area (Å²) in [5.41, 5.74) is 3.15. The van der Waals surface area contributed by atoms with Crippen molar-refractivity contribution < 1.29 is 28.7 Å². The molecule has 0 aliphatic heterocycles. The van der Waals surface area contributed by atoms with Crippen LogP contribution in [0.25, 0.3) is 0 Å². The monoisotopic (exact) mass is 669 g/mol. The van der Waals surface area contributed by atoms with Crippen molar-refractivity contribution in [2.24, 2.45) is 0 Å². The molecule has 3 aromatic carbocycles. The zero-order chi connectivity index (χ0) is 32.1. The van der Waals surface area contributed by atoms with Crippen molar-refractivity contribution in [3.63, 3.8) is 0 Å². The third kappa shape index (κ3) is 14.8. The molecule has 240 valence electrons. The maximum atomic E-state index is 13.4. The summed E-state index contributed by atoms with van der Waals surface area (Å²) in [6, 6.07) is 27.4. The second-order valence-corrected chi connectivity index (χ2v) is 13.2. The predicted molar refractivity (Wildman–Crippen MR) is 183 cm³/mol. The lowest BCUT2D eigenvalue weighted by molar-refractivity contribution is -0.144.